The van der Waals surface area contributed by atoms with Gasteiger partial charge in [-0.25, -0.2) is 0 Å². The molecule has 2 heterocycles. The topological polar surface area (TPSA) is 337 Å². The molecular formula is C19H40N4O14S. The lowest BCUT2D eigenvalue weighted by molar-refractivity contribution is -0.315. The Hall–Kier alpha value is -0.690. The van der Waals surface area contributed by atoms with Crippen molar-refractivity contribution >= 4 is 10.4 Å². The number of hydrogen-bond acceptors (Lipinski definition) is 16. The van der Waals surface area contributed by atoms with Crippen molar-refractivity contribution in [2.75, 3.05) is 0 Å². The molecule has 2 aliphatic heterocycles. The summed E-state index contributed by atoms with van der Waals surface area (Å²) in [6.45, 7) is 2.96. The van der Waals surface area contributed by atoms with Crippen LogP contribution in [0.3, 0.4) is 0 Å². The largest absolute Gasteiger partial charge is 0.394 e. The van der Waals surface area contributed by atoms with Gasteiger partial charge in [0.15, 0.2) is 12.6 Å². The molecule has 0 bridgehead atoms. The highest BCUT2D eigenvalue weighted by Gasteiger charge is 2.53. The molecule has 0 unspecified atom stereocenters. The molecule has 0 aromatic heterocycles. The lowest BCUT2D eigenvalue weighted by Gasteiger charge is -2.47. The third-order valence-electron chi connectivity index (χ3n) is 6.58. The predicted molar refractivity (Wildman–Crippen MR) is 125 cm³/mol. The standard InChI is InChI=1S/C19H38N4O10.H2O4S/c1-4(20)14-12(28)13(29)19(30-14)33-17-9(25)6(21)3-7(22)16(17)32-18-8(23)10(26)11(27)15(31-18)5(2)24;1-5(2,3)4/h4-19,24-29H,3,20-23H2,1-2H3;(H2,1,2,3,4)/t4-,5-,6-,7+,8-,9+,10-,11+,12+,13-,14-,15-,16-,17-,18-,19+;/m1./s1. The third-order valence-corrected chi connectivity index (χ3v) is 6.58. The Morgan fingerprint density at radius 2 is 1.24 bits per heavy atom. The van der Waals surface area contributed by atoms with Gasteiger partial charge in [0, 0.05) is 18.1 Å². The molecular weight excluding hydrogens is 540 g/mol. The molecule has 3 fully saturated rings. The highest BCUT2D eigenvalue weighted by atomic mass is 32.3. The van der Waals surface area contributed by atoms with Crippen LogP contribution in [0.25, 0.3) is 0 Å². The van der Waals surface area contributed by atoms with Crippen molar-refractivity contribution in [3.63, 3.8) is 0 Å². The van der Waals surface area contributed by atoms with E-state index in [4.69, 9.17) is 59.4 Å². The van der Waals surface area contributed by atoms with Crippen LogP contribution in [0, 0.1) is 0 Å². The second kappa shape index (κ2) is 13.3. The van der Waals surface area contributed by atoms with Crippen LogP contribution in [-0.4, -0.2) is 146 Å². The van der Waals surface area contributed by atoms with Gasteiger partial charge in [0.25, 0.3) is 0 Å². The number of nitrogens with two attached hydrogens (primary N) is 4. The molecule has 0 amide bonds. The zero-order valence-electron chi connectivity index (χ0n) is 20.7. The molecule has 3 aliphatic rings. The molecule has 0 aromatic carbocycles. The second-order valence-corrected chi connectivity index (χ2v) is 10.7. The van der Waals surface area contributed by atoms with Crippen LogP contribution in [-0.2, 0) is 29.3 Å². The first kappa shape index (κ1) is 33.5. The van der Waals surface area contributed by atoms with E-state index in [1.807, 2.05) is 0 Å². The van der Waals surface area contributed by atoms with Crippen molar-refractivity contribution in [1.82, 2.24) is 0 Å². The van der Waals surface area contributed by atoms with Gasteiger partial charge in [-0.05, 0) is 20.3 Å². The van der Waals surface area contributed by atoms with Gasteiger partial charge in [0.05, 0.1) is 18.2 Å². The highest BCUT2D eigenvalue weighted by molar-refractivity contribution is 7.79. The number of hydrogen-bond donors (Lipinski definition) is 12. The van der Waals surface area contributed by atoms with E-state index in [-0.39, 0.29) is 6.42 Å². The zero-order chi connectivity index (χ0) is 29.3. The molecule has 3 rings (SSSR count). The number of aliphatic hydroxyl groups is 6. The minimum Gasteiger partial charge on any atom is -0.391 e. The Labute approximate surface area is 219 Å². The summed E-state index contributed by atoms with van der Waals surface area (Å²) in [4.78, 5) is 0. The molecule has 16 N–H and O–H groups in total. The average Bonchev–Trinajstić information content (AvgIpc) is 3.07. The summed E-state index contributed by atoms with van der Waals surface area (Å²) in [5, 5.41) is 61.6. The molecule has 38 heavy (non-hydrogen) atoms. The van der Waals surface area contributed by atoms with Gasteiger partial charge in [-0.15, -0.1) is 0 Å². The highest BCUT2D eigenvalue weighted by Crippen LogP contribution is 2.32. The SMILES string of the molecule is C[C@@H](N)[C@H]1O[C@@H](O[C@@H]2[C@@H](O)[C@H](N)C[C@H](N)[C@H]2O[C@H]2O[C@H]([C@@H](C)O)[C@@H](O)[C@H](O)[C@H]2N)[C@H](O)[C@@H]1O.O=S(=O)(O)O. The van der Waals surface area contributed by atoms with Crippen molar-refractivity contribution < 1.29 is 67.1 Å². The maximum Gasteiger partial charge on any atom is 0.394 e. The maximum absolute atomic E-state index is 10.7. The van der Waals surface area contributed by atoms with E-state index in [0.29, 0.717) is 0 Å². The van der Waals surface area contributed by atoms with Gasteiger partial charge in [0.2, 0.25) is 0 Å². The summed E-state index contributed by atoms with van der Waals surface area (Å²) in [5.41, 5.74) is 24.0. The molecule has 0 spiro atoms. The fourth-order valence-electron chi connectivity index (χ4n) is 4.57. The van der Waals surface area contributed by atoms with Crippen molar-refractivity contribution in [2.24, 2.45) is 22.9 Å². The van der Waals surface area contributed by atoms with E-state index in [0.717, 1.165) is 0 Å². The first-order valence-corrected chi connectivity index (χ1v) is 13.2. The van der Waals surface area contributed by atoms with Gasteiger partial charge >= 0.3 is 10.4 Å². The molecule has 2 saturated heterocycles. The lowest BCUT2D eigenvalue weighted by Crippen LogP contribution is -2.68. The van der Waals surface area contributed by atoms with Crippen LogP contribution in [0.1, 0.15) is 20.3 Å². The first-order valence-electron chi connectivity index (χ1n) is 11.8. The van der Waals surface area contributed by atoms with Gasteiger partial charge in [-0.1, -0.05) is 0 Å². The number of ether oxygens (including phenoxy) is 4. The smallest absolute Gasteiger partial charge is 0.391 e. The Morgan fingerprint density at radius 3 is 1.71 bits per heavy atom. The van der Waals surface area contributed by atoms with E-state index in [1.54, 1.807) is 6.92 Å². The fourth-order valence-corrected chi connectivity index (χ4v) is 4.57. The van der Waals surface area contributed by atoms with E-state index in [1.165, 1.54) is 6.92 Å². The normalized spacial score (nSPS) is 47.6. The number of rotatable bonds is 6. The summed E-state index contributed by atoms with van der Waals surface area (Å²) in [7, 11) is -4.67. The quantitative estimate of drug-likeness (QED) is 0.130. The molecule has 0 aromatic rings. The van der Waals surface area contributed by atoms with Crippen LogP contribution in [0.15, 0.2) is 0 Å². The maximum atomic E-state index is 10.7. The van der Waals surface area contributed by atoms with Crippen molar-refractivity contribution in [3.05, 3.63) is 0 Å². The van der Waals surface area contributed by atoms with E-state index >= 15 is 0 Å². The Morgan fingerprint density at radius 1 is 0.763 bits per heavy atom. The Bertz CT molecular complexity index is 847. The van der Waals surface area contributed by atoms with E-state index in [9.17, 15) is 30.6 Å². The van der Waals surface area contributed by atoms with Crippen LogP contribution in [0.4, 0.5) is 0 Å². The predicted octanol–water partition coefficient (Wildman–Crippen LogP) is -6.53. The van der Waals surface area contributed by atoms with Gasteiger partial charge in [-0.3, -0.25) is 9.11 Å². The lowest BCUT2D eigenvalue weighted by atomic mass is 9.84. The van der Waals surface area contributed by atoms with E-state index < -0.39 is 108 Å². The second-order valence-electron chi connectivity index (χ2n) is 9.78. The van der Waals surface area contributed by atoms with E-state index in [2.05, 4.69) is 0 Å². The molecule has 1 saturated carbocycles. The van der Waals surface area contributed by atoms with Crippen molar-refractivity contribution in [2.45, 2.75) is 118 Å². The van der Waals surface area contributed by atoms with Crippen molar-refractivity contribution in [3.8, 4) is 0 Å². The summed E-state index contributed by atoms with van der Waals surface area (Å²) >= 11 is 0. The molecule has 18 nitrogen and oxygen atoms in total. The van der Waals surface area contributed by atoms with Crippen LogP contribution < -0.4 is 22.9 Å². The van der Waals surface area contributed by atoms with Gasteiger partial charge in [0.1, 0.15) is 48.8 Å². The summed E-state index contributed by atoms with van der Waals surface area (Å²) < 4.78 is 54.4. The average molecular weight is 581 g/mol. The van der Waals surface area contributed by atoms with Crippen LogP contribution in [0.5, 0.6) is 0 Å². The monoisotopic (exact) mass is 580 g/mol. The zero-order valence-corrected chi connectivity index (χ0v) is 21.5. The fraction of sp³-hybridized carbons (Fsp3) is 1.00. The van der Waals surface area contributed by atoms with Gasteiger partial charge < -0.3 is 72.5 Å². The minimum absolute atomic E-state index is 0.137. The number of aliphatic hydroxyl groups excluding tert-OH is 6. The third kappa shape index (κ3) is 8.17. The molecule has 0 radical (unpaired) electrons. The summed E-state index contributed by atoms with van der Waals surface area (Å²) in [5.74, 6) is 0. The summed E-state index contributed by atoms with van der Waals surface area (Å²) in [6, 6.07) is -3.41. The minimum atomic E-state index is -4.67. The molecule has 1 aliphatic carbocycles. The molecule has 19 heteroatoms. The van der Waals surface area contributed by atoms with Gasteiger partial charge in [-0.2, -0.15) is 8.42 Å². The molecule has 16 atom stereocenters. The molecule has 226 valence electrons. The Balaban J connectivity index is 0.000000926. The van der Waals surface area contributed by atoms with Crippen LogP contribution >= 0.6 is 0 Å². The first-order chi connectivity index (χ1) is 17.3. The van der Waals surface area contributed by atoms with Crippen LogP contribution in [0.2, 0.25) is 0 Å². The summed E-state index contributed by atoms with van der Waals surface area (Å²) in [6.07, 6.45) is -15.2. The van der Waals surface area contributed by atoms with Crippen molar-refractivity contribution in [1.29, 1.82) is 0 Å². The Kier molecular flexibility index (Phi) is 11.7.